The van der Waals surface area contributed by atoms with E-state index >= 15 is 0 Å². The van der Waals surface area contributed by atoms with E-state index in [0.29, 0.717) is 12.0 Å². The van der Waals surface area contributed by atoms with E-state index in [1.165, 1.54) is 25.7 Å². The molecule has 2 heterocycles. The lowest BCUT2D eigenvalue weighted by Gasteiger charge is -2.38. The molecular formula is C10H19NO. The summed E-state index contributed by atoms with van der Waals surface area (Å²) in [6.45, 7) is 1.94. The zero-order valence-corrected chi connectivity index (χ0v) is 8.03. The fourth-order valence-corrected chi connectivity index (χ4v) is 3.05. The van der Waals surface area contributed by atoms with Crippen LogP contribution in [0.3, 0.4) is 0 Å². The summed E-state index contributed by atoms with van der Waals surface area (Å²) >= 11 is 0. The van der Waals surface area contributed by atoms with Crippen LogP contribution in [0.15, 0.2) is 0 Å². The SMILES string of the molecule is CC(O)C1CCC2CCC1N2C. The van der Waals surface area contributed by atoms with E-state index < -0.39 is 0 Å². The van der Waals surface area contributed by atoms with E-state index in [-0.39, 0.29) is 6.10 Å². The largest absolute Gasteiger partial charge is 0.393 e. The van der Waals surface area contributed by atoms with Crippen molar-refractivity contribution in [3.05, 3.63) is 0 Å². The van der Waals surface area contributed by atoms with Gasteiger partial charge in [0.25, 0.3) is 0 Å². The minimum Gasteiger partial charge on any atom is -0.393 e. The van der Waals surface area contributed by atoms with Gasteiger partial charge in [-0.2, -0.15) is 0 Å². The van der Waals surface area contributed by atoms with Crippen LogP contribution in [-0.2, 0) is 0 Å². The zero-order chi connectivity index (χ0) is 8.72. The van der Waals surface area contributed by atoms with Crippen molar-refractivity contribution in [3.63, 3.8) is 0 Å². The van der Waals surface area contributed by atoms with Crippen molar-refractivity contribution in [1.29, 1.82) is 0 Å². The van der Waals surface area contributed by atoms with Gasteiger partial charge in [-0.05, 0) is 39.7 Å². The van der Waals surface area contributed by atoms with Crippen molar-refractivity contribution >= 4 is 0 Å². The Morgan fingerprint density at radius 1 is 1.25 bits per heavy atom. The Morgan fingerprint density at radius 3 is 2.58 bits per heavy atom. The van der Waals surface area contributed by atoms with Crippen molar-refractivity contribution in [2.24, 2.45) is 5.92 Å². The third-order valence-electron chi connectivity index (χ3n) is 3.84. The number of hydrogen-bond donors (Lipinski definition) is 1. The highest BCUT2D eigenvalue weighted by Crippen LogP contribution is 2.39. The standard InChI is InChI=1S/C10H19NO/c1-7(12)9-5-3-8-4-6-10(9)11(8)2/h7-10,12H,3-6H2,1-2H3. The first kappa shape index (κ1) is 8.52. The van der Waals surface area contributed by atoms with Gasteiger partial charge in [-0.25, -0.2) is 0 Å². The quantitative estimate of drug-likeness (QED) is 0.638. The summed E-state index contributed by atoms with van der Waals surface area (Å²) < 4.78 is 0. The fraction of sp³-hybridized carbons (Fsp3) is 1.00. The number of hydrogen-bond acceptors (Lipinski definition) is 2. The van der Waals surface area contributed by atoms with Crippen molar-refractivity contribution in [2.45, 2.75) is 50.8 Å². The highest BCUT2D eigenvalue weighted by atomic mass is 16.3. The van der Waals surface area contributed by atoms with Crippen LogP contribution in [0.2, 0.25) is 0 Å². The molecule has 0 saturated carbocycles. The predicted octanol–water partition coefficient (Wildman–Crippen LogP) is 1.24. The van der Waals surface area contributed by atoms with E-state index in [1.54, 1.807) is 0 Å². The summed E-state index contributed by atoms with van der Waals surface area (Å²) in [5, 5.41) is 9.59. The first-order valence-corrected chi connectivity index (χ1v) is 5.10. The van der Waals surface area contributed by atoms with E-state index in [0.717, 1.165) is 6.04 Å². The summed E-state index contributed by atoms with van der Waals surface area (Å²) in [7, 11) is 2.22. The lowest BCUT2D eigenvalue weighted by atomic mass is 9.87. The molecule has 2 aliphatic rings. The van der Waals surface area contributed by atoms with Crippen LogP contribution < -0.4 is 0 Å². The van der Waals surface area contributed by atoms with Crippen molar-refractivity contribution in [1.82, 2.24) is 4.90 Å². The summed E-state index contributed by atoms with van der Waals surface area (Å²) in [5.74, 6) is 0.536. The van der Waals surface area contributed by atoms with Gasteiger partial charge in [-0.3, -0.25) is 0 Å². The second kappa shape index (κ2) is 3.00. The monoisotopic (exact) mass is 169 g/mol. The average Bonchev–Trinajstić information content (AvgIpc) is 2.32. The zero-order valence-electron chi connectivity index (χ0n) is 8.03. The molecule has 0 aromatic carbocycles. The van der Waals surface area contributed by atoms with Gasteiger partial charge in [-0.1, -0.05) is 0 Å². The minimum atomic E-state index is -0.114. The number of aliphatic hydroxyl groups excluding tert-OH is 1. The van der Waals surface area contributed by atoms with Crippen molar-refractivity contribution < 1.29 is 5.11 Å². The molecular weight excluding hydrogens is 150 g/mol. The van der Waals surface area contributed by atoms with Gasteiger partial charge in [0.2, 0.25) is 0 Å². The molecule has 4 atom stereocenters. The molecule has 12 heavy (non-hydrogen) atoms. The number of piperidine rings is 1. The molecule has 0 aromatic rings. The molecule has 2 saturated heterocycles. The van der Waals surface area contributed by atoms with Crippen LogP contribution in [-0.4, -0.2) is 35.2 Å². The third kappa shape index (κ3) is 1.17. The maximum Gasteiger partial charge on any atom is 0.0555 e. The number of nitrogens with zero attached hydrogens (tertiary/aromatic N) is 1. The molecule has 70 valence electrons. The molecule has 2 nitrogen and oxygen atoms in total. The Kier molecular flexibility index (Phi) is 2.13. The molecule has 1 N–H and O–H groups in total. The summed E-state index contributed by atoms with van der Waals surface area (Å²) in [4.78, 5) is 2.49. The molecule has 0 aliphatic carbocycles. The summed E-state index contributed by atoms with van der Waals surface area (Å²) in [5.41, 5.74) is 0. The van der Waals surface area contributed by atoms with Crippen molar-refractivity contribution in [2.75, 3.05) is 7.05 Å². The normalized spacial score (nSPS) is 44.8. The van der Waals surface area contributed by atoms with Crippen LogP contribution in [0.5, 0.6) is 0 Å². The molecule has 2 fully saturated rings. The number of aliphatic hydroxyl groups is 1. The summed E-state index contributed by atoms with van der Waals surface area (Å²) in [6.07, 6.45) is 5.07. The Bertz CT molecular complexity index is 169. The molecule has 0 spiro atoms. The number of fused-ring (bicyclic) bond motifs is 2. The van der Waals surface area contributed by atoms with Crippen LogP contribution in [0.1, 0.15) is 32.6 Å². The minimum absolute atomic E-state index is 0.114. The molecule has 0 amide bonds. The van der Waals surface area contributed by atoms with Gasteiger partial charge in [0, 0.05) is 18.0 Å². The van der Waals surface area contributed by atoms with E-state index in [4.69, 9.17) is 0 Å². The van der Waals surface area contributed by atoms with Gasteiger partial charge in [0.05, 0.1) is 6.10 Å². The Labute approximate surface area is 74.6 Å². The van der Waals surface area contributed by atoms with E-state index in [2.05, 4.69) is 11.9 Å². The van der Waals surface area contributed by atoms with Crippen LogP contribution >= 0.6 is 0 Å². The molecule has 0 aromatic heterocycles. The molecule has 4 unspecified atom stereocenters. The summed E-state index contributed by atoms with van der Waals surface area (Å²) in [6, 6.07) is 1.49. The smallest absolute Gasteiger partial charge is 0.0555 e. The Balaban J connectivity index is 2.09. The van der Waals surface area contributed by atoms with Crippen LogP contribution in [0.4, 0.5) is 0 Å². The van der Waals surface area contributed by atoms with Gasteiger partial charge in [0.15, 0.2) is 0 Å². The third-order valence-corrected chi connectivity index (χ3v) is 3.84. The lowest BCUT2D eigenvalue weighted by Crippen LogP contribution is -2.45. The molecule has 2 aliphatic heterocycles. The van der Waals surface area contributed by atoms with E-state index in [9.17, 15) is 5.11 Å². The van der Waals surface area contributed by atoms with Crippen molar-refractivity contribution in [3.8, 4) is 0 Å². The second-order valence-electron chi connectivity index (χ2n) is 4.45. The Hall–Kier alpha value is -0.0800. The molecule has 0 radical (unpaired) electrons. The number of rotatable bonds is 1. The van der Waals surface area contributed by atoms with Gasteiger partial charge in [0.1, 0.15) is 0 Å². The lowest BCUT2D eigenvalue weighted by molar-refractivity contribution is 0.0294. The van der Waals surface area contributed by atoms with Gasteiger partial charge < -0.3 is 10.0 Å². The maximum absolute atomic E-state index is 9.59. The topological polar surface area (TPSA) is 23.5 Å². The predicted molar refractivity (Wildman–Crippen MR) is 49.0 cm³/mol. The first-order valence-electron chi connectivity index (χ1n) is 5.10. The van der Waals surface area contributed by atoms with Gasteiger partial charge in [-0.15, -0.1) is 0 Å². The Morgan fingerprint density at radius 2 is 1.92 bits per heavy atom. The molecule has 2 heteroatoms. The highest BCUT2D eigenvalue weighted by Gasteiger charge is 2.41. The fourth-order valence-electron chi connectivity index (χ4n) is 3.05. The second-order valence-corrected chi connectivity index (χ2v) is 4.45. The first-order chi connectivity index (χ1) is 5.70. The van der Waals surface area contributed by atoms with Gasteiger partial charge >= 0.3 is 0 Å². The van der Waals surface area contributed by atoms with Crippen LogP contribution in [0, 0.1) is 5.92 Å². The highest BCUT2D eigenvalue weighted by molar-refractivity contribution is 4.96. The molecule has 2 rings (SSSR count). The maximum atomic E-state index is 9.59. The van der Waals surface area contributed by atoms with E-state index in [1.807, 2.05) is 6.92 Å². The average molecular weight is 169 g/mol. The molecule has 2 bridgehead atoms. The van der Waals surface area contributed by atoms with Crippen LogP contribution in [0.25, 0.3) is 0 Å².